The summed E-state index contributed by atoms with van der Waals surface area (Å²) in [6.07, 6.45) is 1.17. The third kappa shape index (κ3) is 3.99. The number of ether oxygens (including phenoxy) is 1. The number of aromatic nitrogens is 4. The highest BCUT2D eigenvalue weighted by Crippen LogP contribution is 2.31. The van der Waals surface area contributed by atoms with E-state index in [1.165, 1.54) is 6.26 Å². The van der Waals surface area contributed by atoms with E-state index in [9.17, 15) is 8.42 Å². The fraction of sp³-hybridized carbons (Fsp3) is 0.188. The molecule has 1 aromatic heterocycles. The Bertz CT molecular complexity index is 969. The van der Waals surface area contributed by atoms with Crippen molar-refractivity contribution in [3.05, 3.63) is 54.4 Å². The zero-order valence-corrected chi connectivity index (χ0v) is 15.3. The molecule has 130 valence electrons. The average molecular weight is 376 g/mol. The fourth-order valence-electron chi connectivity index (χ4n) is 2.21. The molecular weight excluding hydrogens is 360 g/mol. The molecule has 0 aliphatic heterocycles. The normalized spacial score (nSPS) is 11.4. The highest BCUT2D eigenvalue weighted by Gasteiger charge is 2.12. The van der Waals surface area contributed by atoms with Crippen LogP contribution in [0, 0.1) is 0 Å². The molecule has 2 aromatic carbocycles. The van der Waals surface area contributed by atoms with E-state index in [2.05, 4.69) is 15.5 Å². The van der Waals surface area contributed by atoms with E-state index in [0.29, 0.717) is 17.3 Å². The molecule has 0 aliphatic rings. The number of para-hydroxylation sites is 1. The molecular formula is C16H16N4O3S2. The van der Waals surface area contributed by atoms with Crippen LogP contribution in [-0.4, -0.2) is 42.0 Å². The number of nitrogens with zero attached hydrogens (tertiary/aromatic N) is 4. The third-order valence-corrected chi connectivity index (χ3v) is 5.65. The Hall–Kier alpha value is -2.39. The van der Waals surface area contributed by atoms with E-state index in [1.54, 1.807) is 47.8 Å². The van der Waals surface area contributed by atoms with E-state index in [1.807, 2.05) is 24.3 Å². The Balaban J connectivity index is 1.81. The fourth-order valence-corrected chi connectivity index (χ4v) is 3.77. The van der Waals surface area contributed by atoms with Gasteiger partial charge in [-0.1, -0.05) is 12.1 Å². The highest BCUT2D eigenvalue weighted by atomic mass is 32.2. The maximum atomic E-state index is 11.6. The van der Waals surface area contributed by atoms with E-state index in [-0.39, 0.29) is 4.90 Å². The standard InChI is InChI=1S/C16H16N4O3S2/c1-23-14-5-3-4-6-15(14)24-11-16-17-18-19-20(16)12-7-9-13(10-8-12)25(2,21)22/h3-10H,11H2,1-2H3. The number of hydrogen-bond donors (Lipinski definition) is 0. The van der Waals surface area contributed by atoms with E-state index < -0.39 is 9.84 Å². The predicted octanol–water partition coefficient (Wildman–Crippen LogP) is 2.37. The van der Waals surface area contributed by atoms with Crippen LogP contribution in [0.15, 0.2) is 58.3 Å². The molecule has 0 atom stereocenters. The van der Waals surface area contributed by atoms with Crippen molar-refractivity contribution < 1.29 is 13.2 Å². The topological polar surface area (TPSA) is 87.0 Å². The van der Waals surface area contributed by atoms with Crippen LogP contribution in [0.25, 0.3) is 5.69 Å². The molecule has 0 radical (unpaired) electrons. The second kappa shape index (κ2) is 7.24. The van der Waals surface area contributed by atoms with Crippen molar-refractivity contribution in [3.63, 3.8) is 0 Å². The molecule has 3 rings (SSSR count). The maximum absolute atomic E-state index is 11.6. The van der Waals surface area contributed by atoms with Gasteiger partial charge in [-0.05, 0) is 46.8 Å². The van der Waals surface area contributed by atoms with Gasteiger partial charge < -0.3 is 4.74 Å². The molecule has 7 nitrogen and oxygen atoms in total. The predicted molar refractivity (Wildman–Crippen MR) is 94.8 cm³/mol. The van der Waals surface area contributed by atoms with Crippen molar-refractivity contribution in [1.29, 1.82) is 0 Å². The third-order valence-electron chi connectivity index (χ3n) is 3.47. The first-order chi connectivity index (χ1) is 12.0. The lowest BCUT2D eigenvalue weighted by Crippen LogP contribution is -2.03. The Morgan fingerprint density at radius 2 is 1.84 bits per heavy atom. The molecule has 0 N–H and O–H groups in total. The Labute approximate surface area is 149 Å². The van der Waals surface area contributed by atoms with Gasteiger partial charge in [-0.25, -0.2) is 8.42 Å². The Kier molecular flexibility index (Phi) is 5.05. The summed E-state index contributed by atoms with van der Waals surface area (Å²) >= 11 is 1.56. The molecule has 0 bridgehead atoms. The summed E-state index contributed by atoms with van der Waals surface area (Å²) in [7, 11) is -1.60. The number of sulfone groups is 1. The van der Waals surface area contributed by atoms with Gasteiger partial charge in [-0.3, -0.25) is 0 Å². The number of benzene rings is 2. The van der Waals surface area contributed by atoms with Crippen molar-refractivity contribution >= 4 is 21.6 Å². The summed E-state index contributed by atoms with van der Waals surface area (Å²) < 4.78 is 30.0. The molecule has 25 heavy (non-hydrogen) atoms. The van der Waals surface area contributed by atoms with Gasteiger partial charge in [-0.2, -0.15) is 4.68 Å². The lowest BCUT2D eigenvalue weighted by molar-refractivity contribution is 0.405. The van der Waals surface area contributed by atoms with Gasteiger partial charge >= 0.3 is 0 Å². The molecule has 0 unspecified atom stereocenters. The molecule has 9 heteroatoms. The minimum Gasteiger partial charge on any atom is -0.496 e. The number of rotatable bonds is 6. The van der Waals surface area contributed by atoms with E-state index in [4.69, 9.17) is 4.74 Å². The number of methoxy groups -OCH3 is 1. The molecule has 0 saturated carbocycles. The lowest BCUT2D eigenvalue weighted by atomic mass is 10.3. The van der Waals surface area contributed by atoms with E-state index in [0.717, 1.165) is 10.6 Å². The van der Waals surface area contributed by atoms with Crippen molar-refractivity contribution in [3.8, 4) is 11.4 Å². The first-order valence-corrected chi connectivity index (χ1v) is 10.2. The van der Waals surface area contributed by atoms with Gasteiger partial charge in [0.2, 0.25) is 0 Å². The zero-order chi connectivity index (χ0) is 17.9. The largest absolute Gasteiger partial charge is 0.496 e. The van der Waals surface area contributed by atoms with Crippen LogP contribution < -0.4 is 4.74 Å². The molecule has 0 saturated heterocycles. The number of hydrogen-bond acceptors (Lipinski definition) is 7. The molecule has 0 amide bonds. The van der Waals surface area contributed by atoms with Crippen LogP contribution in [0.5, 0.6) is 5.75 Å². The van der Waals surface area contributed by atoms with Gasteiger partial charge in [0, 0.05) is 11.2 Å². The van der Waals surface area contributed by atoms with Crippen molar-refractivity contribution in [2.75, 3.05) is 13.4 Å². The first kappa shape index (κ1) is 17.4. The zero-order valence-electron chi connectivity index (χ0n) is 13.7. The Morgan fingerprint density at radius 1 is 1.12 bits per heavy atom. The highest BCUT2D eigenvalue weighted by molar-refractivity contribution is 7.98. The molecule has 0 spiro atoms. The van der Waals surface area contributed by atoms with Crippen molar-refractivity contribution in [2.24, 2.45) is 0 Å². The van der Waals surface area contributed by atoms with Gasteiger partial charge in [0.25, 0.3) is 0 Å². The second-order valence-corrected chi connectivity index (χ2v) is 8.25. The van der Waals surface area contributed by atoms with Gasteiger partial charge in [-0.15, -0.1) is 16.9 Å². The van der Waals surface area contributed by atoms with Gasteiger partial charge in [0.05, 0.1) is 23.4 Å². The smallest absolute Gasteiger partial charge is 0.175 e. The van der Waals surface area contributed by atoms with Crippen LogP contribution in [0.1, 0.15) is 5.82 Å². The van der Waals surface area contributed by atoms with Crippen LogP contribution in [0.2, 0.25) is 0 Å². The Morgan fingerprint density at radius 3 is 2.52 bits per heavy atom. The van der Waals surface area contributed by atoms with Gasteiger partial charge in [0.1, 0.15) is 5.75 Å². The van der Waals surface area contributed by atoms with Crippen molar-refractivity contribution in [2.45, 2.75) is 15.5 Å². The monoisotopic (exact) mass is 376 g/mol. The summed E-state index contributed by atoms with van der Waals surface area (Å²) in [4.78, 5) is 1.25. The molecule has 1 heterocycles. The van der Waals surface area contributed by atoms with Crippen LogP contribution in [0.3, 0.4) is 0 Å². The van der Waals surface area contributed by atoms with Crippen LogP contribution >= 0.6 is 11.8 Å². The quantitative estimate of drug-likeness (QED) is 0.610. The molecule has 3 aromatic rings. The first-order valence-electron chi connectivity index (χ1n) is 7.32. The van der Waals surface area contributed by atoms with Gasteiger partial charge in [0.15, 0.2) is 15.7 Å². The SMILES string of the molecule is COc1ccccc1SCc1nnnn1-c1ccc(S(C)(=O)=O)cc1. The summed E-state index contributed by atoms with van der Waals surface area (Å²) in [5, 5.41) is 11.8. The summed E-state index contributed by atoms with van der Waals surface area (Å²) in [6, 6.07) is 14.2. The minimum absolute atomic E-state index is 0.259. The number of thioether (sulfide) groups is 1. The van der Waals surface area contributed by atoms with Crippen molar-refractivity contribution in [1.82, 2.24) is 20.2 Å². The second-order valence-electron chi connectivity index (χ2n) is 5.21. The minimum atomic E-state index is -3.23. The summed E-state index contributed by atoms with van der Waals surface area (Å²) in [6.45, 7) is 0. The van der Waals surface area contributed by atoms with Crippen LogP contribution in [0.4, 0.5) is 0 Å². The van der Waals surface area contributed by atoms with Crippen LogP contribution in [-0.2, 0) is 15.6 Å². The van der Waals surface area contributed by atoms with E-state index >= 15 is 0 Å². The lowest BCUT2D eigenvalue weighted by Gasteiger charge is -2.08. The maximum Gasteiger partial charge on any atom is 0.175 e. The average Bonchev–Trinajstić information content (AvgIpc) is 3.08. The molecule has 0 fully saturated rings. The summed E-state index contributed by atoms with van der Waals surface area (Å²) in [5.41, 5.74) is 0.702. The summed E-state index contributed by atoms with van der Waals surface area (Å²) in [5.74, 6) is 1.99. The molecule has 0 aliphatic carbocycles. The number of tetrazole rings is 1.